The first kappa shape index (κ1) is 15.5. The van der Waals surface area contributed by atoms with Gasteiger partial charge in [-0.1, -0.05) is 0 Å². The zero-order chi connectivity index (χ0) is 16.3. The largest absolute Gasteiger partial charge is 0.480 e. The van der Waals surface area contributed by atoms with E-state index in [4.69, 9.17) is 9.84 Å². The Bertz CT molecular complexity index is 731. The van der Waals surface area contributed by atoms with Crippen LogP contribution in [-0.2, 0) is 9.59 Å². The maximum atomic E-state index is 12.3. The van der Waals surface area contributed by atoms with Crippen molar-refractivity contribution in [3.8, 4) is 5.75 Å². The third-order valence-corrected chi connectivity index (χ3v) is 2.59. The van der Waals surface area contributed by atoms with E-state index in [2.05, 4.69) is 4.98 Å². The van der Waals surface area contributed by atoms with Gasteiger partial charge in [-0.05, 0) is 24.3 Å². The number of alkyl halides is 3. The average molecular weight is 314 g/mol. The Labute approximate surface area is 121 Å². The predicted octanol–water partition coefficient (Wildman–Crippen LogP) is 2.20. The highest BCUT2D eigenvalue weighted by atomic mass is 19.4. The van der Waals surface area contributed by atoms with Crippen LogP contribution in [0.1, 0.15) is 0 Å². The van der Waals surface area contributed by atoms with Gasteiger partial charge in [-0.3, -0.25) is 9.78 Å². The van der Waals surface area contributed by atoms with Crippen molar-refractivity contribution in [1.29, 1.82) is 0 Å². The van der Waals surface area contributed by atoms with Crippen molar-refractivity contribution in [2.24, 2.45) is 0 Å². The molecule has 2 rings (SSSR count). The van der Waals surface area contributed by atoms with Crippen molar-refractivity contribution in [2.45, 2.75) is 6.18 Å². The number of rotatable bonds is 4. The summed E-state index contributed by atoms with van der Waals surface area (Å²) in [6.07, 6.45) is -3.65. The number of aromatic nitrogens is 1. The van der Waals surface area contributed by atoms with Crippen LogP contribution in [0.2, 0.25) is 0 Å². The van der Waals surface area contributed by atoms with Crippen molar-refractivity contribution < 1.29 is 32.6 Å². The first-order valence-electron chi connectivity index (χ1n) is 5.89. The molecule has 9 heteroatoms. The number of ether oxygens (including phenoxy) is 1. The lowest BCUT2D eigenvalue weighted by molar-refractivity contribution is -0.167. The molecular weight excluding hydrogens is 305 g/mol. The Morgan fingerprint density at radius 3 is 2.64 bits per heavy atom. The molecule has 1 heterocycles. The van der Waals surface area contributed by atoms with Gasteiger partial charge < -0.3 is 15.2 Å². The van der Waals surface area contributed by atoms with Crippen molar-refractivity contribution in [2.75, 3.05) is 11.9 Å². The monoisotopic (exact) mass is 314 g/mol. The number of amides is 1. The summed E-state index contributed by atoms with van der Waals surface area (Å²) in [6.45, 7) is -0.625. The molecule has 1 aromatic heterocycles. The van der Waals surface area contributed by atoms with Crippen LogP contribution in [0.5, 0.6) is 5.75 Å². The smallest absolute Gasteiger partial charge is 0.471 e. The van der Waals surface area contributed by atoms with E-state index in [1.54, 1.807) is 5.32 Å². The number of aliphatic carboxylic acids is 1. The summed E-state index contributed by atoms with van der Waals surface area (Å²) in [6, 6.07) is 5.32. The Kier molecular flexibility index (Phi) is 4.15. The highest BCUT2D eigenvalue weighted by Crippen LogP contribution is 2.31. The number of halogens is 3. The second-order valence-electron chi connectivity index (χ2n) is 4.15. The second-order valence-corrected chi connectivity index (χ2v) is 4.15. The van der Waals surface area contributed by atoms with Crippen molar-refractivity contribution in [3.05, 3.63) is 30.5 Å². The number of carbonyl (C=O) groups excluding carboxylic acids is 1. The van der Waals surface area contributed by atoms with E-state index in [0.29, 0.717) is 0 Å². The number of anilines is 1. The van der Waals surface area contributed by atoms with Gasteiger partial charge in [-0.25, -0.2) is 4.79 Å². The SMILES string of the molecule is O=C(O)COc1ccc(NC(=O)C(F)(F)F)c2cccnc12. The molecule has 1 aromatic carbocycles. The molecule has 2 aromatic rings. The molecule has 0 spiro atoms. The fraction of sp³-hybridized carbons (Fsp3) is 0.154. The number of benzene rings is 1. The molecule has 22 heavy (non-hydrogen) atoms. The second kappa shape index (κ2) is 5.88. The number of fused-ring (bicyclic) bond motifs is 1. The van der Waals surface area contributed by atoms with E-state index in [1.165, 1.54) is 30.5 Å². The van der Waals surface area contributed by atoms with Gasteiger partial charge in [0.25, 0.3) is 0 Å². The first-order valence-corrected chi connectivity index (χ1v) is 5.89. The Hall–Kier alpha value is -2.84. The molecule has 6 nitrogen and oxygen atoms in total. The number of hydrogen-bond donors (Lipinski definition) is 2. The Balaban J connectivity index is 2.40. The molecule has 0 atom stereocenters. The van der Waals surface area contributed by atoms with Crippen LogP contribution in [0, 0.1) is 0 Å². The van der Waals surface area contributed by atoms with Crippen molar-refractivity contribution >= 4 is 28.5 Å². The summed E-state index contributed by atoms with van der Waals surface area (Å²) in [4.78, 5) is 25.5. The van der Waals surface area contributed by atoms with Gasteiger partial charge in [-0.15, -0.1) is 0 Å². The molecule has 116 valence electrons. The molecule has 0 saturated carbocycles. The van der Waals surface area contributed by atoms with Crippen molar-refractivity contribution in [3.63, 3.8) is 0 Å². The lowest BCUT2D eigenvalue weighted by atomic mass is 10.1. The normalized spacial score (nSPS) is 11.2. The van der Waals surface area contributed by atoms with Crippen LogP contribution in [-0.4, -0.2) is 34.8 Å². The van der Waals surface area contributed by atoms with Crippen LogP contribution in [0.25, 0.3) is 10.9 Å². The molecule has 0 bridgehead atoms. The zero-order valence-electron chi connectivity index (χ0n) is 10.8. The quantitative estimate of drug-likeness (QED) is 0.903. The van der Waals surface area contributed by atoms with E-state index in [-0.39, 0.29) is 22.3 Å². The number of carbonyl (C=O) groups is 2. The minimum atomic E-state index is -5.02. The fourth-order valence-electron chi connectivity index (χ4n) is 1.70. The van der Waals surface area contributed by atoms with Crippen LogP contribution in [0.15, 0.2) is 30.5 Å². The molecule has 0 aliphatic rings. The van der Waals surface area contributed by atoms with E-state index in [0.717, 1.165) is 0 Å². The van der Waals surface area contributed by atoms with Crippen LogP contribution in [0.3, 0.4) is 0 Å². The number of nitrogens with zero attached hydrogens (tertiary/aromatic N) is 1. The molecule has 0 saturated heterocycles. The first-order chi connectivity index (χ1) is 10.3. The molecule has 0 radical (unpaired) electrons. The molecule has 0 unspecified atom stereocenters. The summed E-state index contributed by atoms with van der Waals surface area (Å²) < 4.78 is 41.9. The average Bonchev–Trinajstić information content (AvgIpc) is 2.45. The number of carboxylic acids is 1. The Morgan fingerprint density at radius 2 is 2.00 bits per heavy atom. The summed E-state index contributed by atoms with van der Waals surface area (Å²) in [7, 11) is 0. The third kappa shape index (κ3) is 3.43. The van der Waals surface area contributed by atoms with Crippen molar-refractivity contribution in [1.82, 2.24) is 4.98 Å². The molecule has 2 N–H and O–H groups in total. The van der Waals surface area contributed by atoms with E-state index < -0.39 is 24.7 Å². The standard InChI is InChI=1S/C13H9F3N2O4/c14-13(15,16)12(21)18-8-3-4-9(22-6-10(19)20)11-7(8)2-1-5-17-11/h1-5H,6H2,(H,18,21)(H,19,20). The van der Waals surface area contributed by atoms with E-state index in [1.807, 2.05) is 0 Å². The highest BCUT2D eigenvalue weighted by molar-refractivity contribution is 6.04. The lowest BCUT2D eigenvalue weighted by Gasteiger charge is -2.12. The summed E-state index contributed by atoms with van der Waals surface area (Å²) >= 11 is 0. The maximum Gasteiger partial charge on any atom is 0.471 e. The van der Waals surface area contributed by atoms with E-state index >= 15 is 0 Å². The summed E-state index contributed by atoms with van der Waals surface area (Å²) in [5, 5.41) is 10.5. The number of hydrogen-bond acceptors (Lipinski definition) is 4. The van der Waals surface area contributed by atoms with Gasteiger partial charge in [-0.2, -0.15) is 13.2 Å². The highest BCUT2D eigenvalue weighted by Gasteiger charge is 2.38. The van der Waals surface area contributed by atoms with Gasteiger partial charge in [0.15, 0.2) is 6.61 Å². The van der Waals surface area contributed by atoms with Gasteiger partial charge in [0.2, 0.25) is 0 Å². The number of carboxylic acid groups (broad SMARTS) is 1. The van der Waals surface area contributed by atoms with Gasteiger partial charge in [0.1, 0.15) is 11.3 Å². The third-order valence-electron chi connectivity index (χ3n) is 2.59. The number of pyridine rings is 1. The summed E-state index contributed by atoms with van der Waals surface area (Å²) in [5.74, 6) is -3.24. The van der Waals surface area contributed by atoms with Crippen LogP contribution < -0.4 is 10.1 Å². The molecule has 0 aliphatic carbocycles. The topological polar surface area (TPSA) is 88.5 Å². The maximum absolute atomic E-state index is 12.3. The minimum absolute atomic E-state index is 0.0861. The minimum Gasteiger partial charge on any atom is -0.480 e. The molecule has 1 amide bonds. The fourth-order valence-corrected chi connectivity index (χ4v) is 1.70. The van der Waals surface area contributed by atoms with E-state index in [9.17, 15) is 22.8 Å². The van der Waals surface area contributed by atoms with Crippen LogP contribution in [0.4, 0.5) is 18.9 Å². The molecular formula is C13H9F3N2O4. The summed E-state index contributed by atoms with van der Waals surface area (Å²) in [5.41, 5.74) is 0.0387. The molecule has 0 aliphatic heterocycles. The van der Waals surface area contributed by atoms with Gasteiger partial charge in [0, 0.05) is 11.6 Å². The zero-order valence-corrected chi connectivity index (χ0v) is 10.8. The number of nitrogens with one attached hydrogen (secondary N) is 1. The molecule has 0 fully saturated rings. The predicted molar refractivity (Wildman–Crippen MR) is 69.6 cm³/mol. The van der Waals surface area contributed by atoms with Crippen LogP contribution >= 0.6 is 0 Å². The lowest BCUT2D eigenvalue weighted by Crippen LogP contribution is -2.30. The van der Waals surface area contributed by atoms with Gasteiger partial charge >= 0.3 is 18.1 Å². The van der Waals surface area contributed by atoms with Gasteiger partial charge in [0.05, 0.1) is 5.69 Å². The Morgan fingerprint density at radius 1 is 1.27 bits per heavy atom.